The highest BCUT2D eigenvalue weighted by Crippen LogP contribution is 2.30. The maximum Gasteiger partial charge on any atom is 0.129 e. The summed E-state index contributed by atoms with van der Waals surface area (Å²) in [6.45, 7) is 6.89. The Balaban J connectivity index is 1.66. The van der Waals surface area contributed by atoms with Crippen LogP contribution in [0.5, 0.6) is 0 Å². The summed E-state index contributed by atoms with van der Waals surface area (Å²) in [5, 5.41) is 13.6. The first-order valence-electron chi connectivity index (χ1n) is 11.1. The normalized spacial score (nSPS) is 15.6. The average molecular weight is 476 g/mol. The number of rotatable bonds is 6. The monoisotopic (exact) mass is 475 g/mol. The number of hydrogen-bond acceptors (Lipinski definition) is 6. The van der Waals surface area contributed by atoms with E-state index in [2.05, 4.69) is 9.88 Å². The maximum atomic E-state index is 11.7. The number of nitrogens with one attached hydrogen (secondary N) is 1. The van der Waals surface area contributed by atoms with Crippen molar-refractivity contribution in [3.8, 4) is 11.1 Å². The SMILES string of the molecule is Cc1c(-c2ccc(/C(C=N)=C(/N)c3ccnc(N4CCOCC4)c3)cc2)ccc(S(N)=O)c1C. The van der Waals surface area contributed by atoms with Gasteiger partial charge in [-0.25, -0.2) is 14.3 Å². The van der Waals surface area contributed by atoms with Crippen molar-refractivity contribution < 1.29 is 8.95 Å². The molecule has 1 saturated heterocycles. The number of morpholine rings is 1. The molecule has 0 amide bonds. The van der Waals surface area contributed by atoms with Gasteiger partial charge in [-0.05, 0) is 59.9 Å². The van der Waals surface area contributed by atoms with Gasteiger partial charge < -0.3 is 20.8 Å². The van der Waals surface area contributed by atoms with Crippen molar-refractivity contribution in [3.63, 3.8) is 0 Å². The Kier molecular flexibility index (Phi) is 7.21. The number of aromatic nitrogens is 1. The van der Waals surface area contributed by atoms with Gasteiger partial charge in [-0.3, -0.25) is 0 Å². The van der Waals surface area contributed by atoms with Gasteiger partial charge in [0.15, 0.2) is 0 Å². The molecule has 1 unspecified atom stereocenters. The van der Waals surface area contributed by atoms with Crippen molar-refractivity contribution in [3.05, 3.63) is 77.0 Å². The Morgan fingerprint density at radius 1 is 1.06 bits per heavy atom. The molecule has 5 N–H and O–H groups in total. The van der Waals surface area contributed by atoms with Gasteiger partial charge in [0, 0.05) is 42.3 Å². The summed E-state index contributed by atoms with van der Waals surface area (Å²) in [6.07, 6.45) is 3.04. The molecule has 2 heterocycles. The first-order valence-corrected chi connectivity index (χ1v) is 12.3. The summed E-state index contributed by atoms with van der Waals surface area (Å²) < 4.78 is 17.2. The van der Waals surface area contributed by atoms with Crippen LogP contribution < -0.4 is 15.8 Å². The minimum Gasteiger partial charge on any atom is -0.398 e. The summed E-state index contributed by atoms with van der Waals surface area (Å²) in [5.74, 6) is 0.858. The Labute approximate surface area is 202 Å². The zero-order valence-electron chi connectivity index (χ0n) is 19.4. The molecule has 4 rings (SSSR count). The first kappa shape index (κ1) is 23.8. The highest BCUT2D eigenvalue weighted by atomic mass is 32.2. The molecular formula is C26H29N5O2S. The number of benzene rings is 2. The third-order valence-corrected chi connectivity index (χ3v) is 7.16. The number of pyridine rings is 1. The maximum absolute atomic E-state index is 11.7. The van der Waals surface area contributed by atoms with Gasteiger partial charge in [-0.15, -0.1) is 0 Å². The van der Waals surface area contributed by atoms with Gasteiger partial charge in [-0.2, -0.15) is 0 Å². The van der Waals surface area contributed by atoms with Crippen LogP contribution in [0.4, 0.5) is 5.82 Å². The van der Waals surface area contributed by atoms with E-state index in [1.54, 1.807) is 6.20 Å². The lowest BCUT2D eigenvalue weighted by Gasteiger charge is -2.28. The van der Waals surface area contributed by atoms with E-state index in [0.717, 1.165) is 52.3 Å². The van der Waals surface area contributed by atoms with Gasteiger partial charge in [0.2, 0.25) is 0 Å². The Bertz CT molecular complexity index is 1260. The Morgan fingerprint density at radius 3 is 2.41 bits per heavy atom. The third kappa shape index (κ3) is 4.79. The van der Waals surface area contributed by atoms with E-state index in [1.807, 2.05) is 62.4 Å². The van der Waals surface area contributed by atoms with Gasteiger partial charge in [0.05, 0.1) is 18.1 Å². The highest BCUT2D eigenvalue weighted by Gasteiger charge is 2.15. The zero-order chi connectivity index (χ0) is 24.2. The third-order valence-electron chi connectivity index (χ3n) is 6.29. The van der Waals surface area contributed by atoms with Crippen molar-refractivity contribution >= 4 is 34.3 Å². The molecule has 0 saturated carbocycles. The van der Waals surface area contributed by atoms with Gasteiger partial charge in [0.1, 0.15) is 16.8 Å². The zero-order valence-corrected chi connectivity index (χ0v) is 20.2. The van der Waals surface area contributed by atoms with Crippen LogP contribution >= 0.6 is 0 Å². The molecule has 3 aromatic rings. The van der Waals surface area contributed by atoms with Crippen LogP contribution in [0.3, 0.4) is 0 Å². The molecule has 8 heteroatoms. The van der Waals surface area contributed by atoms with Crippen molar-refractivity contribution in [1.82, 2.24) is 4.98 Å². The number of anilines is 1. The molecule has 1 atom stereocenters. The molecule has 1 aliphatic rings. The lowest BCUT2D eigenvalue weighted by molar-refractivity contribution is 0.122. The first-order chi connectivity index (χ1) is 16.4. The van der Waals surface area contributed by atoms with Crippen molar-refractivity contribution in [2.24, 2.45) is 10.9 Å². The average Bonchev–Trinajstić information content (AvgIpc) is 2.87. The quantitative estimate of drug-likeness (QED) is 0.470. The standard InChI is InChI=1S/C26H29N5O2S/c1-17-18(2)24(34(29)32)8-7-22(17)19-3-5-20(6-4-19)23(16-27)26(28)21-9-10-30-25(15-21)31-11-13-33-14-12-31/h3-10,15-16,27H,11-14,28-29H2,1-2H3/b26-23+,27-16?. The fourth-order valence-corrected chi connectivity index (χ4v) is 4.84. The van der Waals surface area contributed by atoms with Crippen molar-refractivity contribution in [2.45, 2.75) is 18.7 Å². The molecule has 176 valence electrons. The summed E-state index contributed by atoms with van der Waals surface area (Å²) in [7, 11) is -1.51. The largest absolute Gasteiger partial charge is 0.398 e. The molecule has 1 aromatic heterocycles. The second kappa shape index (κ2) is 10.3. The van der Waals surface area contributed by atoms with Crippen LogP contribution in [-0.2, 0) is 15.7 Å². The molecule has 34 heavy (non-hydrogen) atoms. The number of nitrogens with zero attached hydrogens (tertiary/aromatic N) is 2. The van der Waals surface area contributed by atoms with E-state index in [1.165, 1.54) is 6.21 Å². The molecule has 0 spiro atoms. The Hall–Kier alpha value is -3.33. The number of nitrogens with two attached hydrogens (primary N) is 2. The van der Waals surface area contributed by atoms with E-state index < -0.39 is 11.0 Å². The van der Waals surface area contributed by atoms with Gasteiger partial charge in [-0.1, -0.05) is 30.3 Å². The highest BCUT2D eigenvalue weighted by molar-refractivity contribution is 7.82. The predicted octanol–water partition coefficient (Wildman–Crippen LogP) is 3.66. The second-order valence-electron chi connectivity index (χ2n) is 8.21. The van der Waals surface area contributed by atoms with E-state index in [9.17, 15) is 4.21 Å². The van der Waals surface area contributed by atoms with Gasteiger partial charge >= 0.3 is 0 Å². The number of allylic oxidation sites excluding steroid dienone is 1. The van der Waals surface area contributed by atoms with Crippen molar-refractivity contribution in [2.75, 3.05) is 31.2 Å². The van der Waals surface area contributed by atoms with Crippen LogP contribution in [0.25, 0.3) is 22.4 Å². The fourth-order valence-electron chi connectivity index (χ4n) is 4.18. The summed E-state index contributed by atoms with van der Waals surface area (Å²) in [6, 6.07) is 15.6. The minimum atomic E-state index is -1.51. The Morgan fingerprint density at radius 2 is 1.76 bits per heavy atom. The van der Waals surface area contributed by atoms with Crippen molar-refractivity contribution in [1.29, 1.82) is 5.41 Å². The minimum absolute atomic E-state index is 0.529. The summed E-state index contributed by atoms with van der Waals surface area (Å²) in [4.78, 5) is 7.31. The summed E-state index contributed by atoms with van der Waals surface area (Å²) >= 11 is 0. The van der Waals surface area contributed by atoms with E-state index >= 15 is 0 Å². The molecule has 1 aliphatic heterocycles. The topological polar surface area (TPSA) is 118 Å². The van der Waals surface area contributed by atoms with Crippen LogP contribution in [0, 0.1) is 19.3 Å². The molecule has 1 fully saturated rings. The molecule has 0 radical (unpaired) electrons. The molecule has 2 aromatic carbocycles. The molecular weight excluding hydrogens is 446 g/mol. The van der Waals surface area contributed by atoms with Gasteiger partial charge in [0.25, 0.3) is 0 Å². The number of ether oxygens (including phenoxy) is 1. The fraction of sp³-hybridized carbons (Fsp3) is 0.231. The lowest BCUT2D eigenvalue weighted by Crippen LogP contribution is -2.36. The number of hydrogen-bond donors (Lipinski definition) is 3. The second-order valence-corrected chi connectivity index (χ2v) is 9.24. The van der Waals surface area contributed by atoms with Crippen LogP contribution in [0.1, 0.15) is 22.3 Å². The van der Waals surface area contributed by atoms with E-state index in [0.29, 0.717) is 29.4 Å². The molecule has 7 nitrogen and oxygen atoms in total. The summed E-state index contributed by atoms with van der Waals surface area (Å²) in [5.41, 5.74) is 13.4. The molecule has 0 bridgehead atoms. The van der Waals surface area contributed by atoms with Crippen LogP contribution in [0.2, 0.25) is 0 Å². The van der Waals surface area contributed by atoms with E-state index in [-0.39, 0.29) is 0 Å². The van der Waals surface area contributed by atoms with Crippen LogP contribution in [-0.4, -0.2) is 41.7 Å². The predicted molar refractivity (Wildman–Crippen MR) is 139 cm³/mol. The lowest BCUT2D eigenvalue weighted by atomic mass is 9.94. The van der Waals surface area contributed by atoms with E-state index in [4.69, 9.17) is 21.0 Å². The van der Waals surface area contributed by atoms with Crippen LogP contribution in [0.15, 0.2) is 59.6 Å². The molecule has 0 aliphatic carbocycles. The smallest absolute Gasteiger partial charge is 0.129 e.